The summed E-state index contributed by atoms with van der Waals surface area (Å²) in [5.41, 5.74) is 1.36. The van der Waals surface area contributed by atoms with Gasteiger partial charge in [-0.1, -0.05) is 0 Å². The number of β-amino-alcohol motifs (C(OH)–C–C–N with tert-alkyl or cyclic N) is 1. The van der Waals surface area contributed by atoms with E-state index in [4.69, 9.17) is 4.74 Å². The molecular formula is C17H24N4O3. The van der Waals surface area contributed by atoms with Gasteiger partial charge in [0.15, 0.2) is 0 Å². The summed E-state index contributed by atoms with van der Waals surface area (Å²) in [5, 5.41) is 13.6. The third kappa shape index (κ3) is 3.23. The SMILES string of the molecule is O=C(NCc1ncc2c(n1)CCOC2)N1CCCC(O)(C2CC2)C1. The molecule has 1 aliphatic carbocycles. The number of likely N-dealkylation sites (tertiary alicyclic amines) is 1. The third-order valence-electron chi connectivity index (χ3n) is 5.27. The summed E-state index contributed by atoms with van der Waals surface area (Å²) in [5.74, 6) is 0.998. The number of urea groups is 1. The minimum absolute atomic E-state index is 0.140. The highest BCUT2D eigenvalue weighted by molar-refractivity contribution is 5.74. The minimum Gasteiger partial charge on any atom is -0.388 e. The van der Waals surface area contributed by atoms with Crippen LogP contribution in [0.4, 0.5) is 4.79 Å². The van der Waals surface area contributed by atoms with Gasteiger partial charge >= 0.3 is 6.03 Å². The molecule has 3 aliphatic rings. The standard InChI is InChI=1S/C17H24N4O3/c22-16(21-6-1-5-17(23,11-21)13-2-3-13)19-9-15-18-8-12-10-24-7-4-14(12)20-15/h8,13,23H,1-7,9-11H2,(H,19,22). The predicted molar refractivity (Wildman–Crippen MR) is 86.1 cm³/mol. The first kappa shape index (κ1) is 15.8. The molecule has 3 heterocycles. The van der Waals surface area contributed by atoms with Gasteiger partial charge in [0.05, 0.1) is 37.6 Å². The van der Waals surface area contributed by atoms with E-state index >= 15 is 0 Å². The molecule has 0 bridgehead atoms. The molecule has 2 amide bonds. The van der Waals surface area contributed by atoms with Crippen molar-refractivity contribution in [2.75, 3.05) is 19.7 Å². The van der Waals surface area contributed by atoms with E-state index in [2.05, 4.69) is 15.3 Å². The molecule has 130 valence electrons. The van der Waals surface area contributed by atoms with E-state index in [0.29, 0.717) is 44.6 Å². The Morgan fingerprint density at radius 2 is 2.38 bits per heavy atom. The molecule has 0 radical (unpaired) electrons. The van der Waals surface area contributed by atoms with E-state index in [0.717, 1.165) is 43.4 Å². The predicted octanol–water partition coefficient (Wildman–Crippen LogP) is 0.996. The maximum Gasteiger partial charge on any atom is 0.317 e. The summed E-state index contributed by atoms with van der Waals surface area (Å²) >= 11 is 0. The van der Waals surface area contributed by atoms with Crippen LogP contribution in [-0.2, 0) is 24.3 Å². The molecule has 1 atom stereocenters. The second kappa shape index (κ2) is 6.29. The highest BCUT2D eigenvalue weighted by atomic mass is 16.5. The zero-order valence-electron chi connectivity index (χ0n) is 13.8. The Balaban J connectivity index is 1.34. The maximum absolute atomic E-state index is 12.4. The molecule has 1 unspecified atom stereocenters. The molecule has 2 fully saturated rings. The Labute approximate surface area is 141 Å². The molecule has 7 heteroatoms. The van der Waals surface area contributed by atoms with Crippen molar-refractivity contribution >= 4 is 6.03 Å². The van der Waals surface area contributed by atoms with Crippen molar-refractivity contribution in [3.8, 4) is 0 Å². The third-order valence-corrected chi connectivity index (χ3v) is 5.27. The lowest BCUT2D eigenvalue weighted by Crippen LogP contribution is -2.54. The van der Waals surface area contributed by atoms with Gasteiger partial charge in [-0.15, -0.1) is 0 Å². The van der Waals surface area contributed by atoms with Gasteiger partial charge in [-0.05, 0) is 31.6 Å². The first-order chi connectivity index (χ1) is 11.6. The van der Waals surface area contributed by atoms with E-state index in [1.807, 2.05) is 0 Å². The van der Waals surface area contributed by atoms with Gasteiger partial charge in [0.25, 0.3) is 0 Å². The Morgan fingerprint density at radius 1 is 1.50 bits per heavy atom. The minimum atomic E-state index is -0.683. The van der Waals surface area contributed by atoms with Crippen LogP contribution in [0.3, 0.4) is 0 Å². The second-order valence-corrected chi connectivity index (χ2v) is 7.12. The summed E-state index contributed by atoms with van der Waals surface area (Å²) in [7, 11) is 0. The smallest absolute Gasteiger partial charge is 0.317 e. The Kier molecular flexibility index (Phi) is 4.14. The number of ether oxygens (including phenoxy) is 1. The summed E-state index contributed by atoms with van der Waals surface area (Å²) in [6, 6.07) is -0.140. The number of nitrogens with zero attached hydrogens (tertiary/aromatic N) is 3. The van der Waals surface area contributed by atoms with E-state index < -0.39 is 5.60 Å². The number of aliphatic hydroxyl groups is 1. The number of nitrogens with one attached hydrogen (secondary N) is 1. The number of aromatic nitrogens is 2. The monoisotopic (exact) mass is 332 g/mol. The summed E-state index contributed by atoms with van der Waals surface area (Å²) < 4.78 is 5.38. The van der Waals surface area contributed by atoms with Crippen molar-refractivity contribution < 1.29 is 14.6 Å². The molecule has 4 rings (SSSR count). The largest absolute Gasteiger partial charge is 0.388 e. The van der Waals surface area contributed by atoms with Crippen molar-refractivity contribution in [1.82, 2.24) is 20.2 Å². The molecule has 0 aromatic carbocycles. The Hall–Kier alpha value is -1.73. The molecule has 24 heavy (non-hydrogen) atoms. The van der Waals surface area contributed by atoms with Crippen LogP contribution < -0.4 is 5.32 Å². The fourth-order valence-corrected chi connectivity index (χ4v) is 3.71. The lowest BCUT2D eigenvalue weighted by Gasteiger charge is -2.39. The van der Waals surface area contributed by atoms with Crippen LogP contribution in [0.25, 0.3) is 0 Å². The molecule has 1 aromatic rings. The number of rotatable bonds is 3. The van der Waals surface area contributed by atoms with Crippen LogP contribution in [-0.4, -0.2) is 51.3 Å². The normalized spacial score (nSPS) is 26.8. The lowest BCUT2D eigenvalue weighted by molar-refractivity contribution is -0.0362. The number of fused-ring (bicyclic) bond motifs is 1. The second-order valence-electron chi connectivity index (χ2n) is 7.12. The van der Waals surface area contributed by atoms with Gasteiger partial charge in [-0.3, -0.25) is 0 Å². The maximum atomic E-state index is 12.4. The molecule has 1 saturated heterocycles. The van der Waals surface area contributed by atoms with Crippen LogP contribution >= 0.6 is 0 Å². The molecule has 2 N–H and O–H groups in total. The number of carbonyl (C=O) groups is 1. The highest BCUT2D eigenvalue weighted by Gasteiger charge is 2.46. The van der Waals surface area contributed by atoms with Crippen molar-refractivity contribution in [1.29, 1.82) is 0 Å². The number of carbonyl (C=O) groups excluding carboxylic acids is 1. The van der Waals surface area contributed by atoms with Gasteiger partial charge in [0, 0.05) is 24.7 Å². The van der Waals surface area contributed by atoms with Gasteiger partial charge in [0.1, 0.15) is 5.82 Å². The average Bonchev–Trinajstić information content (AvgIpc) is 3.45. The number of hydrogen-bond donors (Lipinski definition) is 2. The highest BCUT2D eigenvalue weighted by Crippen LogP contribution is 2.44. The number of amides is 2. The van der Waals surface area contributed by atoms with E-state index in [-0.39, 0.29) is 6.03 Å². The van der Waals surface area contributed by atoms with Crippen LogP contribution in [0.1, 0.15) is 42.8 Å². The van der Waals surface area contributed by atoms with Crippen LogP contribution in [0.15, 0.2) is 6.20 Å². The van der Waals surface area contributed by atoms with Gasteiger partial charge in [-0.25, -0.2) is 14.8 Å². The van der Waals surface area contributed by atoms with Gasteiger partial charge in [-0.2, -0.15) is 0 Å². The Bertz CT molecular complexity index is 634. The van der Waals surface area contributed by atoms with Crippen LogP contribution in [0.5, 0.6) is 0 Å². The molecule has 1 saturated carbocycles. The van der Waals surface area contributed by atoms with E-state index in [1.165, 1.54) is 0 Å². The molecule has 2 aliphatic heterocycles. The Morgan fingerprint density at radius 3 is 3.21 bits per heavy atom. The zero-order chi connectivity index (χ0) is 16.6. The topological polar surface area (TPSA) is 87.6 Å². The quantitative estimate of drug-likeness (QED) is 0.862. The fraction of sp³-hybridized carbons (Fsp3) is 0.706. The van der Waals surface area contributed by atoms with Crippen molar-refractivity contribution in [3.05, 3.63) is 23.3 Å². The lowest BCUT2D eigenvalue weighted by atomic mass is 9.88. The van der Waals surface area contributed by atoms with Gasteiger partial charge in [0.2, 0.25) is 0 Å². The molecule has 0 spiro atoms. The summed E-state index contributed by atoms with van der Waals surface area (Å²) in [4.78, 5) is 23.0. The van der Waals surface area contributed by atoms with Crippen molar-refractivity contribution in [3.63, 3.8) is 0 Å². The fourth-order valence-electron chi connectivity index (χ4n) is 3.71. The van der Waals surface area contributed by atoms with Crippen molar-refractivity contribution in [2.45, 2.75) is 50.9 Å². The van der Waals surface area contributed by atoms with Crippen molar-refractivity contribution in [2.24, 2.45) is 5.92 Å². The van der Waals surface area contributed by atoms with E-state index in [9.17, 15) is 9.90 Å². The zero-order valence-corrected chi connectivity index (χ0v) is 13.8. The number of hydrogen-bond acceptors (Lipinski definition) is 5. The first-order valence-corrected chi connectivity index (χ1v) is 8.81. The molecular weight excluding hydrogens is 308 g/mol. The van der Waals surface area contributed by atoms with E-state index in [1.54, 1.807) is 11.1 Å². The number of piperidine rings is 1. The van der Waals surface area contributed by atoms with Gasteiger partial charge < -0.3 is 20.1 Å². The van der Waals surface area contributed by atoms with Crippen LogP contribution in [0, 0.1) is 5.92 Å². The molecule has 1 aromatic heterocycles. The molecule has 7 nitrogen and oxygen atoms in total. The first-order valence-electron chi connectivity index (χ1n) is 8.81. The van der Waals surface area contributed by atoms with Crippen LogP contribution in [0.2, 0.25) is 0 Å². The summed E-state index contributed by atoms with van der Waals surface area (Å²) in [6.45, 7) is 2.69. The summed E-state index contributed by atoms with van der Waals surface area (Å²) in [6.07, 6.45) is 6.40. The average molecular weight is 332 g/mol.